The molecule has 3 nitrogen and oxygen atoms in total. The lowest BCUT2D eigenvalue weighted by Gasteiger charge is -2.10. The van der Waals surface area contributed by atoms with Crippen LogP contribution >= 0.6 is 0 Å². The molecule has 0 unspecified atom stereocenters. The van der Waals surface area contributed by atoms with Crippen molar-refractivity contribution in [1.82, 2.24) is 0 Å². The van der Waals surface area contributed by atoms with E-state index in [2.05, 4.69) is 5.32 Å². The maximum Gasteiger partial charge on any atom is 0.206 e. The number of hydrogen-bond acceptors (Lipinski definition) is 3. The van der Waals surface area contributed by atoms with Gasteiger partial charge in [-0.3, -0.25) is 0 Å². The lowest BCUT2D eigenvalue weighted by Crippen LogP contribution is -2.05. The number of anilines is 1. The molecule has 19 heavy (non-hydrogen) atoms. The van der Waals surface area contributed by atoms with E-state index in [1.54, 1.807) is 30.3 Å². The molecular weight excluding hydrogens is 258 g/mol. The second-order valence-corrected chi connectivity index (χ2v) is 6.41. The quantitative estimate of drug-likeness (QED) is 0.935. The molecule has 0 spiro atoms. The third-order valence-electron chi connectivity index (χ3n) is 3.16. The largest absolute Gasteiger partial charge is 0.388 e. The van der Waals surface area contributed by atoms with Crippen molar-refractivity contribution in [2.75, 3.05) is 12.4 Å². The minimum Gasteiger partial charge on any atom is -0.388 e. The topological polar surface area (TPSA) is 46.2 Å². The lowest BCUT2D eigenvalue weighted by atomic mass is 10.2. The molecule has 0 heterocycles. The smallest absolute Gasteiger partial charge is 0.206 e. The van der Waals surface area contributed by atoms with Crippen LogP contribution in [0.3, 0.4) is 0 Å². The van der Waals surface area contributed by atoms with E-state index in [0.29, 0.717) is 9.79 Å². The summed E-state index contributed by atoms with van der Waals surface area (Å²) >= 11 is 0. The first-order valence-electron chi connectivity index (χ1n) is 6.06. The van der Waals surface area contributed by atoms with Crippen molar-refractivity contribution < 1.29 is 8.42 Å². The highest BCUT2D eigenvalue weighted by Gasteiger charge is 2.19. The average Bonchev–Trinajstić information content (AvgIpc) is 2.39. The Morgan fingerprint density at radius 2 is 1.63 bits per heavy atom. The first-order chi connectivity index (χ1) is 8.96. The lowest BCUT2D eigenvalue weighted by molar-refractivity contribution is 0.595. The number of hydrogen-bond donors (Lipinski definition) is 1. The molecule has 2 aromatic carbocycles. The van der Waals surface area contributed by atoms with Gasteiger partial charge in [-0.25, -0.2) is 8.42 Å². The van der Waals surface area contributed by atoms with Crippen LogP contribution in [0.5, 0.6) is 0 Å². The van der Waals surface area contributed by atoms with Crippen LogP contribution in [0.25, 0.3) is 0 Å². The fraction of sp³-hybridized carbons (Fsp3) is 0.200. The molecule has 0 aliphatic rings. The number of aryl methyl sites for hydroxylation is 2. The summed E-state index contributed by atoms with van der Waals surface area (Å²) in [5.74, 6) is 0. The van der Waals surface area contributed by atoms with Crippen molar-refractivity contribution in [1.29, 1.82) is 0 Å². The molecule has 0 amide bonds. The van der Waals surface area contributed by atoms with Gasteiger partial charge in [0.2, 0.25) is 9.84 Å². The molecule has 0 bridgehead atoms. The highest BCUT2D eigenvalue weighted by molar-refractivity contribution is 7.91. The molecule has 2 rings (SSSR count). The second kappa shape index (κ2) is 5.05. The van der Waals surface area contributed by atoms with Crippen molar-refractivity contribution in [2.45, 2.75) is 23.6 Å². The molecule has 0 atom stereocenters. The molecule has 4 heteroatoms. The van der Waals surface area contributed by atoms with E-state index in [1.165, 1.54) is 0 Å². The summed E-state index contributed by atoms with van der Waals surface area (Å²) < 4.78 is 25.2. The van der Waals surface area contributed by atoms with Crippen LogP contribution in [-0.4, -0.2) is 15.5 Å². The van der Waals surface area contributed by atoms with E-state index < -0.39 is 9.84 Å². The number of rotatable bonds is 3. The normalized spacial score (nSPS) is 11.3. The van der Waals surface area contributed by atoms with E-state index in [4.69, 9.17) is 0 Å². The van der Waals surface area contributed by atoms with Crippen molar-refractivity contribution in [3.8, 4) is 0 Å². The van der Waals surface area contributed by atoms with Crippen molar-refractivity contribution in [2.24, 2.45) is 0 Å². The first-order valence-corrected chi connectivity index (χ1v) is 7.54. The minimum absolute atomic E-state index is 0.332. The minimum atomic E-state index is -3.44. The third kappa shape index (κ3) is 2.49. The molecule has 2 aromatic rings. The van der Waals surface area contributed by atoms with Crippen molar-refractivity contribution >= 4 is 15.5 Å². The van der Waals surface area contributed by atoms with Crippen molar-refractivity contribution in [3.05, 3.63) is 53.6 Å². The molecule has 0 saturated heterocycles. The summed E-state index contributed by atoms with van der Waals surface area (Å²) in [5.41, 5.74) is 2.61. The molecule has 100 valence electrons. The van der Waals surface area contributed by atoms with E-state index in [1.807, 2.05) is 33.0 Å². The Balaban J connectivity index is 2.58. The SMILES string of the molecule is CNc1ccc(S(=O)(=O)c2ccccc2C)cc1C. The van der Waals surface area contributed by atoms with Gasteiger partial charge in [-0.1, -0.05) is 18.2 Å². The summed E-state index contributed by atoms with van der Waals surface area (Å²) in [6.45, 7) is 3.70. The maximum atomic E-state index is 12.6. The Hall–Kier alpha value is -1.81. The molecule has 0 fully saturated rings. The van der Waals surface area contributed by atoms with Crippen LogP contribution in [0.15, 0.2) is 52.3 Å². The van der Waals surface area contributed by atoms with Gasteiger partial charge in [0, 0.05) is 12.7 Å². The summed E-state index contributed by atoms with van der Waals surface area (Å²) in [4.78, 5) is 0.699. The van der Waals surface area contributed by atoms with Crippen LogP contribution < -0.4 is 5.32 Å². The fourth-order valence-electron chi connectivity index (χ4n) is 2.07. The molecule has 0 aromatic heterocycles. The van der Waals surface area contributed by atoms with Crippen LogP contribution in [0.2, 0.25) is 0 Å². The summed E-state index contributed by atoms with van der Waals surface area (Å²) in [6.07, 6.45) is 0. The zero-order valence-electron chi connectivity index (χ0n) is 11.3. The van der Waals surface area contributed by atoms with E-state index in [-0.39, 0.29) is 0 Å². The van der Waals surface area contributed by atoms with Gasteiger partial charge in [-0.2, -0.15) is 0 Å². The third-order valence-corrected chi connectivity index (χ3v) is 5.07. The zero-order chi connectivity index (χ0) is 14.0. The van der Waals surface area contributed by atoms with Gasteiger partial charge < -0.3 is 5.32 Å². The van der Waals surface area contributed by atoms with Gasteiger partial charge in [0.1, 0.15) is 0 Å². The van der Waals surface area contributed by atoms with Gasteiger partial charge in [0.05, 0.1) is 9.79 Å². The van der Waals surface area contributed by atoms with E-state index in [9.17, 15) is 8.42 Å². The van der Waals surface area contributed by atoms with E-state index in [0.717, 1.165) is 16.8 Å². The Morgan fingerprint density at radius 3 is 2.21 bits per heavy atom. The molecule has 0 aliphatic heterocycles. The highest BCUT2D eigenvalue weighted by atomic mass is 32.2. The second-order valence-electron chi connectivity index (χ2n) is 4.50. The maximum absolute atomic E-state index is 12.6. The van der Waals surface area contributed by atoms with Crippen LogP contribution in [-0.2, 0) is 9.84 Å². The molecule has 0 aliphatic carbocycles. The Kier molecular flexibility index (Phi) is 3.62. The van der Waals surface area contributed by atoms with Gasteiger partial charge in [0.25, 0.3) is 0 Å². The standard InChI is InChI=1S/C15H17NO2S/c1-11-6-4-5-7-15(11)19(17,18)13-8-9-14(16-3)12(2)10-13/h4-10,16H,1-3H3. The average molecular weight is 275 g/mol. The van der Waals surface area contributed by atoms with E-state index >= 15 is 0 Å². The predicted molar refractivity (Wildman–Crippen MR) is 77.4 cm³/mol. The number of benzene rings is 2. The number of nitrogens with one attached hydrogen (secondary N) is 1. The van der Waals surface area contributed by atoms with Crippen LogP contribution in [0.1, 0.15) is 11.1 Å². The van der Waals surface area contributed by atoms with Gasteiger partial charge in [-0.15, -0.1) is 0 Å². The Morgan fingerprint density at radius 1 is 0.947 bits per heavy atom. The first kappa shape index (κ1) is 13.6. The van der Waals surface area contributed by atoms with Crippen LogP contribution in [0.4, 0.5) is 5.69 Å². The number of sulfone groups is 1. The van der Waals surface area contributed by atoms with Crippen LogP contribution in [0, 0.1) is 13.8 Å². The molecule has 0 saturated carbocycles. The predicted octanol–water partition coefficient (Wildman–Crippen LogP) is 3.18. The summed E-state index contributed by atoms with van der Waals surface area (Å²) in [7, 11) is -1.63. The Labute approximate surface area is 114 Å². The Bertz CT molecular complexity index is 706. The van der Waals surface area contributed by atoms with Crippen molar-refractivity contribution in [3.63, 3.8) is 0 Å². The van der Waals surface area contributed by atoms with Gasteiger partial charge >= 0.3 is 0 Å². The molecule has 1 N–H and O–H groups in total. The monoisotopic (exact) mass is 275 g/mol. The molecular formula is C15H17NO2S. The molecule has 0 radical (unpaired) electrons. The highest BCUT2D eigenvalue weighted by Crippen LogP contribution is 2.26. The summed E-state index contributed by atoms with van der Waals surface area (Å²) in [5, 5.41) is 3.03. The fourth-order valence-corrected chi connectivity index (χ4v) is 3.65. The van der Waals surface area contributed by atoms with Gasteiger partial charge in [-0.05, 0) is 49.2 Å². The summed E-state index contributed by atoms with van der Waals surface area (Å²) in [6, 6.07) is 12.2. The van der Waals surface area contributed by atoms with Gasteiger partial charge in [0.15, 0.2) is 0 Å². The zero-order valence-corrected chi connectivity index (χ0v) is 12.1.